The van der Waals surface area contributed by atoms with Gasteiger partial charge in [-0.25, -0.2) is 0 Å². The lowest BCUT2D eigenvalue weighted by atomic mass is 10.00. The minimum Gasteiger partial charge on any atom is -0.511 e. The second-order valence-corrected chi connectivity index (χ2v) is 5.78. The summed E-state index contributed by atoms with van der Waals surface area (Å²) in [7, 11) is 0. The Labute approximate surface area is 135 Å². The van der Waals surface area contributed by atoms with Crippen LogP contribution in [0.2, 0.25) is 0 Å². The lowest BCUT2D eigenvalue weighted by Gasteiger charge is -2.08. The van der Waals surface area contributed by atoms with Crippen molar-refractivity contribution in [1.82, 2.24) is 9.97 Å². The van der Waals surface area contributed by atoms with E-state index in [0.29, 0.717) is 5.22 Å². The molecule has 0 fully saturated rings. The first-order valence-electron chi connectivity index (χ1n) is 7.38. The van der Waals surface area contributed by atoms with Crippen LogP contribution in [0.4, 0.5) is 0 Å². The van der Waals surface area contributed by atoms with Crippen molar-refractivity contribution in [3.63, 3.8) is 0 Å². The summed E-state index contributed by atoms with van der Waals surface area (Å²) < 4.78 is 0. The number of aromatic nitrogens is 2. The van der Waals surface area contributed by atoms with Crippen LogP contribution in [0.5, 0.6) is 11.6 Å². The number of aliphatic hydroxyl groups is 1. The van der Waals surface area contributed by atoms with Crippen LogP contribution in [0, 0.1) is 0 Å². The highest BCUT2D eigenvalue weighted by Crippen LogP contribution is 2.26. The van der Waals surface area contributed by atoms with Gasteiger partial charge in [-0.3, -0.25) is 9.78 Å². The zero-order chi connectivity index (χ0) is 16.8. The Bertz CT molecular complexity index is 1180. The van der Waals surface area contributed by atoms with Gasteiger partial charge in [-0.2, -0.15) is 0 Å². The molecule has 0 unspecified atom stereocenters. The summed E-state index contributed by atoms with van der Waals surface area (Å²) in [5.74, 6) is -0.116. The number of phenolic OH excluding ortho intramolecular Hbond substituents is 1. The van der Waals surface area contributed by atoms with E-state index in [1.165, 1.54) is 6.07 Å². The fraction of sp³-hybridized carbons (Fsp3) is 0.0556. The average Bonchev–Trinajstić information content (AvgIpc) is 2.88. The number of nitrogens with one attached hydrogen (secondary N) is 2. The lowest BCUT2D eigenvalue weighted by molar-refractivity contribution is 0.449. The first-order chi connectivity index (χ1) is 11.5. The van der Waals surface area contributed by atoms with Crippen molar-refractivity contribution in [1.29, 1.82) is 0 Å². The quantitative estimate of drug-likeness (QED) is 0.464. The van der Waals surface area contributed by atoms with Gasteiger partial charge < -0.3 is 20.3 Å². The molecule has 0 aliphatic heterocycles. The molecule has 4 rings (SSSR count). The highest BCUT2D eigenvalue weighted by atomic mass is 16.3. The molecule has 5 N–H and O–H groups in total. The third kappa shape index (κ3) is 2.25. The van der Waals surface area contributed by atoms with Crippen LogP contribution in [0.3, 0.4) is 0 Å². The second-order valence-electron chi connectivity index (χ2n) is 5.78. The topological polar surface area (TPSA) is 109 Å². The van der Waals surface area contributed by atoms with Gasteiger partial charge in [0.15, 0.2) is 5.88 Å². The first-order valence-corrected chi connectivity index (χ1v) is 7.38. The summed E-state index contributed by atoms with van der Waals surface area (Å²) in [6, 6.07) is 6.46. The largest absolute Gasteiger partial charge is 0.511 e. The minimum atomic E-state index is -0.519. The number of H-pyrrole nitrogens is 2. The fourth-order valence-electron chi connectivity index (χ4n) is 3.05. The Balaban J connectivity index is 1.91. The first kappa shape index (κ1) is 14.2. The molecule has 0 radical (unpaired) electrons. The number of benzene rings is 1. The summed E-state index contributed by atoms with van der Waals surface area (Å²) in [4.78, 5) is 17.2. The third-order valence-electron chi connectivity index (χ3n) is 4.09. The van der Waals surface area contributed by atoms with Gasteiger partial charge in [0, 0.05) is 35.2 Å². The molecule has 0 saturated carbocycles. The summed E-state index contributed by atoms with van der Waals surface area (Å²) in [6.07, 6.45) is 5.65. The molecular weight excluding hydrogens is 308 g/mol. The van der Waals surface area contributed by atoms with Gasteiger partial charge in [-0.15, -0.1) is 0 Å². The van der Waals surface area contributed by atoms with Crippen LogP contribution in [0.15, 0.2) is 40.8 Å². The molecule has 0 spiro atoms. The van der Waals surface area contributed by atoms with Crippen molar-refractivity contribution in [2.24, 2.45) is 0 Å². The van der Waals surface area contributed by atoms with Crippen LogP contribution >= 0.6 is 0 Å². The average molecular weight is 322 g/mol. The smallest absolute Gasteiger partial charge is 0.261 e. The zero-order valence-corrected chi connectivity index (χ0v) is 12.5. The van der Waals surface area contributed by atoms with Crippen LogP contribution in [0.25, 0.3) is 28.8 Å². The Morgan fingerprint density at radius 2 is 1.96 bits per heavy atom. The minimum absolute atomic E-state index is 0.0392. The lowest BCUT2D eigenvalue weighted by Crippen LogP contribution is -2.43. The van der Waals surface area contributed by atoms with Gasteiger partial charge in [0.1, 0.15) is 11.5 Å². The van der Waals surface area contributed by atoms with Gasteiger partial charge in [0.05, 0.1) is 5.22 Å². The molecule has 0 amide bonds. The number of aromatic hydroxyl groups is 2. The van der Waals surface area contributed by atoms with Gasteiger partial charge >= 0.3 is 0 Å². The van der Waals surface area contributed by atoms with Crippen LogP contribution in [-0.2, 0) is 0 Å². The standard InChI is InChI=1S/C18H14N2O4/c21-12-1-2-14-13(7-12)11(8-19-14)4-9-3-10-6-16(23)20-18(24)17(10)15(22)5-9/h1-4,6-8,19,21-23H,5H2,(H,20,24). The summed E-state index contributed by atoms with van der Waals surface area (Å²) in [5, 5.41) is 30.9. The van der Waals surface area contributed by atoms with E-state index in [-0.39, 0.29) is 29.0 Å². The maximum atomic E-state index is 11.9. The molecule has 1 aliphatic rings. The number of aliphatic hydroxyl groups excluding tert-OH is 1. The fourth-order valence-corrected chi connectivity index (χ4v) is 3.05. The molecular formula is C18H14N2O4. The predicted octanol–water partition coefficient (Wildman–Crippen LogP) is 1.20. The van der Waals surface area contributed by atoms with E-state index in [1.807, 2.05) is 12.3 Å². The number of pyridine rings is 1. The molecule has 24 heavy (non-hydrogen) atoms. The van der Waals surface area contributed by atoms with E-state index in [1.54, 1.807) is 24.3 Å². The van der Waals surface area contributed by atoms with E-state index in [2.05, 4.69) is 9.97 Å². The van der Waals surface area contributed by atoms with E-state index in [0.717, 1.165) is 22.0 Å². The molecule has 6 heteroatoms. The van der Waals surface area contributed by atoms with E-state index < -0.39 is 5.56 Å². The molecule has 2 aromatic heterocycles. The molecule has 0 atom stereocenters. The molecule has 120 valence electrons. The number of rotatable bonds is 1. The Hall–Kier alpha value is -3.41. The number of fused-ring (bicyclic) bond motifs is 2. The Morgan fingerprint density at radius 3 is 2.79 bits per heavy atom. The van der Waals surface area contributed by atoms with E-state index in [4.69, 9.17) is 0 Å². The summed E-state index contributed by atoms with van der Waals surface area (Å²) in [5.41, 5.74) is 2.01. The summed E-state index contributed by atoms with van der Waals surface area (Å²) >= 11 is 0. The maximum Gasteiger partial charge on any atom is 0.261 e. The van der Waals surface area contributed by atoms with E-state index in [9.17, 15) is 20.1 Å². The SMILES string of the molecule is O=c1[nH]c(O)cc2c1=C(O)CC(=Cc1c[nH]c3ccc(O)cc13)C=2. The molecule has 6 nitrogen and oxygen atoms in total. The molecule has 3 aromatic rings. The highest BCUT2D eigenvalue weighted by Gasteiger charge is 2.12. The third-order valence-corrected chi connectivity index (χ3v) is 4.09. The zero-order valence-electron chi connectivity index (χ0n) is 12.5. The predicted molar refractivity (Wildman–Crippen MR) is 91.0 cm³/mol. The highest BCUT2D eigenvalue weighted by molar-refractivity contribution is 5.91. The Kier molecular flexibility index (Phi) is 2.99. The molecule has 1 aromatic carbocycles. The van der Waals surface area contributed by atoms with Gasteiger partial charge in [0.25, 0.3) is 5.56 Å². The van der Waals surface area contributed by atoms with E-state index >= 15 is 0 Å². The van der Waals surface area contributed by atoms with Crippen LogP contribution < -0.4 is 16.0 Å². The maximum absolute atomic E-state index is 11.9. The van der Waals surface area contributed by atoms with Crippen molar-refractivity contribution in [3.8, 4) is 11.6 Å². The second kappa shape index (κ2) is 5.06. The van der Waals surface area contributed by atoms with Crippen molar-refractivity contribution in [2.75, 3.05) is 0 Å². The summed E-state index contributed by atoms with van der Waals surface area (Å²) in [6.45, 7) is 0. The van der Waals surface area contributed by atoms with Gasteiger partial charge in [-0.05, 0) is 35.1 Å². The number of aromatic amines is 2. The van der Waals surface area contributed by atoms with Gasteiger partial charge in [-0.1, -0.05) is 6.08 Å². The number of hydrogen-bond donors (Lipinski definition) is 5. The van der Waals surface area contributed by atoms with Crippen molar-refractivity contribution in [2.45, 2.75) is 6.42 Å². The molecule has 0 bridgehead atoms. The number of phenols is 1. The molecule has 0 saturated heterocycles. The van der Waals surface area contributed by atoms with Crippen molar-refractivity contribution < 1.29 is 15.3 Å². The van der Waals surface area contributed by atoms with Crippen LogP contribution in [0.1, 0.15) is 12.0 Å². The van der Waals surface area contributed by atoms with Crippen molar-refractivity contribution >= 4 is 28.8 Å². The number of hydrogen-bond acceptors (Lipinski definition) is 4. The monoisotopic (exact) mass is 322 g/mol. The Morgan fingerprint density at radius 1 is 1.12 bits per heavy atom. The molecule has 1 aliphatic carbocycles. The van der Waals surface area contributed by atoms with Gasteiger partial charge in [0.2, 0.25) is 0 Å². The van der Waals surface area contributed by atoms with Crippen LogP contribution in [-0.4, -0.2) is 25.3 Å². The normalized spacial score (nSPS) is 15.5. The van der Waals surface area contributed by atoms with Crippen molar-refractivity contribution in [3.05, 3.63) is 62.4 Å². The molecule has 2 heterocycles.